The summed E-state index contributed by atoms with van der Waals surface area (Å²) in [6, 6.07) is 11.7. The summed E-state index contributed by atoms with van der Waals surface area (Å²) in [4.78, 5) is 11.2. The van der Waals surface area contributed by atoms with E-state index < -0.39 is 5.97 Å². The van der Waals surface area contributed by atoms with Gasteiger partial charge in [0.2, 0.25) is 0 Å². The van der Waals surface area contributed by atoms with Crippen molar-refractivity contribution in [1.82, 2.24) is 0 Å². The molecule has 0 aliphatic heterocycles. The van der Waals surface area contributed by atoms with Crippen LogP contribution in [0.1, 0.15) is 15.9 Å². The lowest BCUT2D eigenvalue weighted by Crippen LogP contribution is -2.03. The van der Waals surface area contributed by atoms with Gasteiger partial charge in [0.25, 0.3) is 0 Å². The maximum atomic E-state index is 11.2. The third kappa shape index (κ3) is 2.19. The highest BCUT2D eigenvalue weighted by molar-refractivity contribution is 5.97. The molecule has 0 bridgehead atoms. The summed E-state index contributed by atoms with van der Waals surface area (Å²) in [5, 5.41) is 18.5. The highest BCUT2D eigenvalue weighted by Gasteiger charge is 2.14. The quantitative estimate of drug-likeness (QED) is 0.771. The second kappa shape index (κ2) is 4.89. The molecule has 0 amide bonds. The average molecular weight is 243 g/mol. The first-order valence-corrected chi connectivity index (χ1v) is 5.48. The van der Waals surface area contributed by atoms with Crippen molar-refractivity contribution in [3.63, 3.8) is 0 Å². The summed E-state index contributed by atoms with van der Waals surface area (Å²) < 4.78 is 0. The lowest BCUT2D eigenvalue weighted by molar-refractivity contribution is 0.0697. The molecular formula is C14H13NO3. The Morgan fingerprint density at radius 2 is 1.83 bits per heavy atom. The lowest BCUT2D eigenvalue weighted by Gasteiger charge is -2.11. The number of phenolic OH excluding ortho intramolecular Hbond substituents is 1. The first kappa shape index (κ1) is 12.1. The molecule has 92 valence electrons. The third-order valence-electron chi connectivity index (χ3n) is 2.76. The number of carboxylic acid groups (broad SMARTS) is 1. The van der Waals surface area contributed by atoms with Gasteiger partial charge in [-0.3, -0.25) is 0 Å². The van der Waals surface area contributed by atoms with Crippen molar-refractivity contribution in [1.29, 1.82) is 0 Å². The number of carbonyl (C=O) groups is 1. The lowest BCUT2D eigenvalue weighted by atomic mass is 9.95. The number of rotatable bonds is 3. The van der Waals surface area contributed by atoms with Crippen LogP contribution in [0.2, 0.25) is 0 Å². The molecule has 0 saturated heterocycles. The predicted molar refractivity (Wildman–Crippen MR) is 68.4 cm³/mol. The van der Waals surface area contributed by atoms with E-state index in [2.05, 4.69) is 0 Å². The van der Waals surface area contributed by atoms with Gasteiger partial charge in [0.1, 0.15) is 5.75 Å². The Morgan fingerprint density at radius 3 is 2.50 bits per heavy atom. The van der Waals surface area contributed by atoms with Crippen LogP contribution in [0, 0.1) is 0 Å². The Balaban J connectivity index is 2.67. The molecule has 4 nitrogen and oxygen atoms in total. The van der Waals surface area contributed by atoms with Gasteiger partial charge in [-0.15, -0.1) is 0 Å². The molecule has 0 radical (unpaired) electrons. The minimum Gasteiger partial charge on any atom is -0.508 e. The molecule has 0 fully saturated rings. The molecule has 4 heteroatoms. The largest absolute Gasteiger partial charge is 0.508 e. The van der Waals surface area contributed by atoms with Crippen LogP contribution in [0.5, 0.6) is 5.75 Å². The number of aromatic carboxylic acids is 1. The van der Waals surface area contributed by atoms with Gasteiger partial charge < -0.3 is 15.9 Å². The molecule has 0 aliphatic carbocycles. The summed E-state index contributed by atoms with van der Waals surface area (Å²) in [6.07, 6.45) is 0. The number of carboxylic acids is 1. The normalized spacial score (nSPS) is 10.3. The minimum atomic E-state index is -1.08. The van der Waals surface area contributed by atoms with Crippen molar-refractivity contribution < 1.29 is 15.0 Å². The maximum Gasteiger partial charge on any atom is 0.336 e. The maximum absolute atomic E-state index is 11.2. The molecule has 0 unspecified atom stereocenters. The zero-order chi connectivity index (χ0) is 13.1. The fraction of sp³-hybridized carbons (Fsp3) is 0.0714. The zero-order valence-electron chi connectivity index (χ0n) is 9.63. The fourth-order valence-corrected chi connectivity index (χ4v) is 1.91. The molecule has 0 spiro atoms. The zero-order valence-corrected chi connectivity index (χ0v) is 9.63. The van der Waals surface area contributed by atoms with Crippen LogP contribution in [-0.2, 0) is 6.54 Å². The monoisotopic (exact) mass is 243 g/mol. The van der Waals surface area contributed by atoms with Crippen LogP contribution in [0.4, 0.5) is 0 Å². The van der Waals surface area contributed by atoms with E-state index in [4.69, 9.17) is 5.73 Å². The minimum absolute atomic E-state index is 0.0656. The number of aromatic hydroxyl groups is 1. The van der Waals surface area contributed by atoms with Crippen LogP contribution in [0.3, 0.4) is 0 Å². The van der Waals surface area contributed by atoms with Crippen molar-refractivity contribution >= 4 is 5.97 Å². The molecule has 4 N–H and O–H groups in total. The van der Waals surface area contributed by atoms with Crippen LogP contribution in [0.25, 0.3) is 11.1 Å². The molecule has 0 heterocycles. The summed E-state index contributed by atoms with van der Waals surface area (Å²) in [5.41, 5.74) is 7.91. The van der Waals surface area contributed by atoms with Crippen LogP contribution in [0.15, 0.2) is 42.5 Å². The van der Waals surface area contributed by atoms with Gasteiger partial charge in [0.05, 0.1) is 5.56 Å². The predicted octanol–water partition coefficient (Wildman–Crippen LogP) is 2.22. The van der Waals surface area contributed by atoms with Gasteiger partial charge in [0, 0.05) is 6.54 Å². The number of hydrogen-bond acceptors (Lipinski definition) is 3. The SMILES string of the molecule is NCc1ccccc1-c1ccc(O)cc1C(=O)O. The number of nitrogens with two attached hydrogens (primary N) is 1. The van der Waals surface area contributed by atoms with Crippen molar-refractivity contribution in [3.8, 4) is 16.9 Å². The Labute approximate surface area is 104 Å². The molecule has 2 aromatic carbocycles. The first-order chi connectivity index (χ1) is 8.63. The van der Waals surface area contributed by atoms with Gasteiger partial charge in [-0.2, -0.15) is 0 Å². The van der Waals surface area contributed by atoms with Crippen molar-refractivity contribution in [2.75, 3.05) is 0 Å². The van der Waals surface area contributed by atoms with Gasteiger partial charge >= 0.3 is 5.97 Å². The van der Waals surface area contributed by atoms with E-state index in [-0.39, 0.29) is 11.3 Å². The van der Waals surface area contributed by atoms with Gasteiger partial charge in [0.15, 0.2) is 0 Å². The molecule has 2 aromatic rings. The van der Waals surface area contributed by atoms with Crippen molar-refractivity contribution in [3.05, 3.63) is 53.6 Å². The second-order valence-electron chi connectivity index (χ2n) is 3.90. The Morgan fingerprint density at radius 1 is 1.11 bits per heavy atom. The van der Waals surface area contributed by atoms with Crippen LogP contribution < -0.4 is 5.73 Å². The smallest absolute Gasteiger partial charge is 0.336 e. The standard InChI is InChI=1S/C14H13NO3/c15-8-9-3-1-2-4-11(9)12-6-5-10(16)7-13(12)14(17)18/h1-7,16H,8,15H2,(H,17,18). The molecule has 0 saturated carbocycles. The molecule has 0 atom stereocenters. The molecule has 0 aliphatic rings. The molecule has 0 aromatic heterocycles. The highest BCUT2D eigenvalue weighted by Crippen LogP contribution is 2.29. The van der Waals surface area contributed by atoms with Crippen molar-refractivity contribution in [2.24, 2.45) is 5.73 Å². The van der Waals surface area contributed by atoms with E-state index in [9.17, 15) is 15.0 Å². The van der Waals surface area contributed by atoms with E-state index in [1.165, 1.54) is 12.1 Å². The molecule has 18 heavy (non-hydrogen) atoms. The van der Waals surface area contributed by atoms with Gasteiger partial charge in [-0.05, 0) is 34.9 Å². The Hall–Kier alpha value is -2.33. The summed E-state index contributed by atoms with van der Waals surface area (Å²) in [7, 11) is 0. The van der Waals surface area contributed by atoms with Gasteiger partial charge in [-0.1, -0.05) is 24.3 Å². The topological polar surface area (TPSA) is 83.5 Å². The second-order valence-corrected chi connectivity index (χ2v) is 3.90. The average Bonchev–Trinajstić information content (AvgIpc) is 2.38. The van der Waals surface area contributed by atoms with Gasteiger partial charge in [-0.25, -0.2) is 4.79 Å². The molecular weight excluding hydrogens is 230 g/mol. The van der Waals surface area contributed by atoms with E-state index in [1.54, 1.807) is 6.07 Å². The van der Waals surface area contributed by atoms with E-state index in [0.29, 0.717) is 12.1 Å². The van der Waals surface area contributed by atoms with Crippen molar-refractivity contribution in [2.45, 2.75) is 6.54 Å². The number of phenols is 1. The Kier molecular flexibility index (Phi) is 3.30. The fourth-order valence-electron chi connectivity index (χ4n) is 1.91. The van der Waals surface area contributed by atoms with Crippen LogP contribution >= 0.6 is 0 Å². The first-order valence-electron chi connectivity index (χ1n) is 5.48. The summed E-state index contributed by atoms with van der Waals surface area (Å²) in [5.74, 6) is -1.14. The number of benzene rings is 2. The van der Waals surface area contributed by atoms with E-state index in [1.807, 2.05) is 24.3 Å². The Bertz CT molecular complexity index is 593. The molecule has 2 rings (SSSR count). The highest BCUT2D eigenvalue weighted by atomic mass is 16.4. The summed E-state index contributed by atoms with van der Waals surface area (Å²) in [6.45, 7) is 0.329. The summed E-state index contributed by atoms with van der Waals surface area (Å²) >= 11 is 0. The van der Waals surface area contributed by atoms with E-state index in [0.717, 1.165) is 11.1 Å². The van der Waals surface area contributed by atoms with Crippen LogP contribution in [-0.4, -0.2) is 16.2 Å². The third-order valence-corrected chi connectivity index (χ3v) is 2.76. The number of hydrogen-bond donors (Lipinski definition) is 3. The van der Waals surface area contributed by atoms with E-state index >= 15 is 0 Å².